The largest absolute Gasteiger partial charge is 0.497 e. The van der Waals surface area contributed by atoms with Crippen LogP contribution in [0.3, 0.4) is 0 Å². The lowest BCUT2D eigenvalue weighted by Gasteiger charge is -2.32. The Kier molecular flexibility index (Phi) is 5.36. The van der Waals surface area contributed by atoms with E-state index in [4.69, 9.17) is 9.31 Å². The monoisotopic (exact) mass is 416 g/mol. The molecule has 0 bridgehead atoms. The molecule has 0 atom stereocenters. The molecule has 0 saturated carbocycles. The number of halogens is 1. The predicted octanol–water partition coefficient (Wildman–Crippen LogP) is 5.58. The van der Waals surface area contributed by atoms with Crippen molar-refractivity contribution in [1.82, 2.24) is 0 Å². The molecule has 0 N–H and O–H groups in total. The van der Waals surface area contributed by atoms with Crippen LogP contribution in [0.5, 0.6) is 0 Å². The fourth-order valence-corrected chi connectivity index (χ4v) is 3.89. The van der Waals surface area contributed by atoms with Gasteiger partial charge in [0.1, 0.15) is 12.1 Å². The Balaban J connectivity index is 1.76. The summed E-state index contributed by atoms with van der Waals surface area (Å²) in [4.78, 5) is 11.0. The Morgan fingerprint density at radius 2 is 1.35 bits per heavy atom. The van der Waals surface area contributed by atoms with Crippen LogP contribution in [0.15, 0.2) is 60.7 Å². The van der Waals surface area contributed by atoms with Crippen LogP contribution in [0.1, 0.15) is 43.6 Å². The molecule has 1 fully saturated rings. The van der Waals surface area contributed by atoms with Crippen LogP contribution in [0.4, 0.5) is 4.39 Å². The summed E-state index contributed by atoms with van der Waals surface area (Å²) < 4.78 is 27.9. The molecular formula is C26H26BFO3. The number of hydrogen-bond donors (Lipinski definition) is 0. The third kappa shape index (κ3) is 3.73. The normalized spacial score (nSPS) is 17.0. The van der Waals surface area contributed by atoms with Gasteiger partial charge in [0, 0.05) is 16.6 Å². The highest BCUT2D eigenvalue weighted by molar-refractivity contribution is 6.62. The summed E-state index contributed by atoms with van der Waals surface area (Å²) in [5.41, 5.74) is 4.21. The zero-order valence-electron chi connectivity index (χ0n) is 18.5. The molecule has 1 aliphatic heterocycles. The van der Waals surface area contributed by atoms with Gasteiger partial charge in [-0.15, -0.1) is 0 Å². The van der Waals surface area contributed by atoms with Crippen LogP contribution in [-0.2, 0) is 9.31 Å². The summed E-state index contributed by atoms with van der Waals surface area (Å²) in [5.74, 6) is -0.336. The first-order valence-corrected chi connectivity index (χ1v) is 10.4. The first-order chi connectivity index (χ1) is 14.6. The molecule has 1 heterocycles. The topological polar surface area (TPSA) is 35.5 Å². The van der Waals surface area contributed by atoms with Gasteiger partial charge in [-0.2, -0.15) is 0 Å². The SMILES string of the molecule is Cc1c(-c2ccc(C=O)cc2)cccc1-c1cccc(B2OC(C)(C)C(C)(C)O2)c1F. The lowest BCUT2D eigenvalue weighted by atomic mass is 9.77. The third-order valence-corrected chi connectivity index (χ3v) is 6.52. The van der Waals surface area contributed by atoms with Gasteiger partial charge in [0.25, 0.3) is 0 Å². The van der Waals surface area contributed by atoms with E-state index in [2.05, 4.69) is 0 Å². The molecule has 4 rings (SSSR count). The molecule has 0 unspecified atom stereocenters. The first-order valence-electron chi connectivity index (χ1n) is 10.4. The second-order valence-corrected chi connectivity index (χ2v) is 9.02. The van der Waals surface area contributed by atoms with Gasteiger partial charge in [-0.3, -0.25) is 4.79 Å². The fraction of sp³-hybridized carbons (Fsp3) is 0.269. The highest BCUT2D eigenvalue weighted by atomic mass is 19.1. The number of aldehydes is 1. The zero-order chi connectivity index (χ0) is 22.4. The van der Waals surface area contributed by atoms with Gasteiger partial charge < -0.3 is 9.31 Å². The van der Waals surface area contributed by atoms with Crippen LogP contribution in [0.25, 0.3) is 22.3 Å². The zero-order valence-corrected chi connectivity index (χ0v) is 18.5. The van der Waals surface area contributed by atoms with Gasteiger partial charge in [0.2, 0.25) is 0 Å². The molecule has 0 radical (unpaired) electrons. The predicted molar refractivity (Wildman–Crippen MR) is 123 cm³/mol. The Bertz CT molecular complexity index is 1120. The molecule has 1 aliphatic rings. The Morgan fingerprint density at radius 1 is 0.806 bits per heavy atom. The van der Waals surface area contributed by atoms with Crippen molar-refractivity contribution >= 4 is 18.9 Å². The quantitative estimate of drug-likeness (QED) is 0.412. The summed E-state index contributed by atoms with van der Waals surface area (Å²) in [6.45, 7) is 9.81. The lowest BCUT2D eigenvalue weighted by molar-refractivity contribution is 0.00578. The molecule has 1 saturated heterocycles. The van der Waals surface area contributed by atoms with Gasteiger partial charge >= 0.3 is 7.12 Å². The maximum Gasteiger partial charge on any atom is 0.497 e. The van der Waals surface area contributed by atoms with E-state index in [1.807, 2.05) is 71.0 Å². The van der Waals surface area contributed by atoms with Crippen LogP contribution in [0.2, 0.25) is 0 Å². The van der Waals surface area contributed by atoms with Crippen LogP contribution in [-0.4, -0.2) is 24.6 Å². The van der Waals surface area contributed by atoms with Crippen molar-refractivity contribution in [2.24, 2.45) is 0 Å². The highest BCUT2D eigenvalue weighted by Gasteiger charge is 2.52. The summed E-state index contributed by atoms with van der Waals surface area (Å²) in [5, 5.41) is 0. The number of rotatable bonds is 4. The third-order valence-electron chi connectivity index (χ3n) is 6.52. The van der Waals surface area contributed by atoms with Crippen molar-refractivity contribution in [2.75, 3.05) is 0 Å². The molecule has 158 valence electrons. The van der Waals surface area contributed by atoms with Crippen molar-refractivity contribution in [1.29, 1.82) is 0 Å². The van der Waals surface area contributed by atoms with Crippen LogP contribution in [0, 0.1) is 12.7 Å². The summed E-state index contributed by atoms with van der Waals surface area (Å²) in [6, 6.07) is 18.6. The standard InChI is InChI=1S/C26H26BFO3/c1-17-20(19-14-12-18(16-29)13-15-19)8-6-9-21(17)22-10-7-11-23(24(22)28)27-30-25(2,3)26(4,5)31-27/h6-16H,1-5H3. The molecular weight excluding hydrogens is 390 g/mol. The van der Waals surface area contributed by atoms with Crippen molar-refractivity contribution in [3.8, 4) is 22.3 Å². The average molecular weight is 416 g/mol. The average Bonchev–Trinajstić information content (AvgIpc) is 2.95. The second kappa shape index (κ2) is 7.74. The van der Waals surface area contributed by atoms with Crippen LogP contribution >= 0.6 is 0 Å². The summed E-state index contributed by atoms with van der Waals surface area (Å²) in [7, 11) is -0.760. The maximum atomic E-state index is 15.7. The minimum absolute atomic E-state index is 0.336. The van der Waals surface area contributed by atoms with E-state index in [-0.39, 0.29) is 5.82 Å². The van der Waals surface area contributed by atoms with E-state index in [0.29, 0.717) is 16.6 Å². The molecule has 0 aliphatic carbocycles. The molecule has 0 spiro atoms. The van der Waals surface area contributed by atoms with Gasteiger partial charge in [0.15, 0.2) is 0 Å². The highest BCUT2D eigenvalue weighted by Crippen LogP contribution is 2.38. The van der Waals surface area contributed by atoms with Crippen LogP contribution < -0.4 is 5.46 Å². The molecule has 0 amide bonds. The lowest BCUT2D eigenvalue weighted by Crippen LogP contribution is -2.41. The van der Waals surface area contributed by atoms with Crippen molar-refractivity contribution in [2.45, 2.75) is 45.8 Å². The molecule has 31 heavy (non-hydrogen) atoms. The first kappa shape index (κ1) is 21.5. The number of carbonyl (C=O) groups excluding carboxylic acids is 1. The Labute approximate surface area is 183 Å². The minimum atomic E-state index is -0.760. The van der Waals surface area contributed by atoms with E-state index >= 15 is 4.39 Å². The molecule has 3 aromatic rings. The van der Waals surface area contributed by atoms with Crippen molar-refractivity contribution < 1.29 is 18.5 Å². The van der Waals surface area contributed by atoms with Gasteiger partial charge in [-0.1, -0.05) is 60.7 Å². The van der Waals surface area contributed by atoms with Gasteiger partial charge in [0.05, 0.1) is 11.2 Å². The van der Waals surface area contributed by atoms with Gasteiger partial charge in [-0.25, -0.2) is 4.39 Å². The number of hydrogen-bond acceptors (Lipinski definition) is 3. The number of carbonyl (C=O) groups is 1. The maximum absolute atomic E-state index is 15.7. The Morgan fingerprint density at radius 3 is 1.97 bits per heavy atom. The van der Waals surface area contributed by atoms with E-state index in [1.54, 1.807) is 24.3 Å². The second-order valence-electron chi connectivity index (χ2n) is 9.02. The van der Waals surface area contributed by atoms with E-state index in [0.717, 1.165) is 28.5 Å². The van der Waals surface area contributed by atoms with Crippen molar-refractivity contribution in [3.63, 3.8) is 0 Å². The summed E-state index contributed by atoms with van der Waals surface area (Å²) >= 11 is 0. The van der Waals surface area contributed by atoms with Gasteiger partial charge in [-0.05, 0) is 56.9 Å². The van der Waals surface area contributed by atoms with E-state index in [9.17, 15) is 4.79 Å². The molecule has 3 nitrogen and oxygen atoms in total. The number of benzene rings is 3. The molecule has 0 aromatic heterocycles. The van der Waals surface area contributed by atoms with Crippen molar-refractivity contribution in [3.05, 3.63) is 77.6 Å². The molecule has 3 aromatic carbocycles. The minimum Gasteiger partial charge on any atom is -0.399 e. The molecule has 5 heteroatoms. The van der Waals surface area contributed by atoms with E-state index < -0.39 is 18.3 Å². The summed E-state index contributed by atoms with van der Waals surface area (Å²) in [6.07, 6.45) is 0.823. The fourth-order valence-electron chi connectivity index (χ4n) is 3.89. The van der Waals surface area contributed by atoms with E-state index in [1.165, 1.54) is 0 Å². The smallest absolute Gasteiger partial charge is 0.399 e. The Hall–Kier alpha value is -2.76.